The third-order valence-corrected chi connectivity index (χ3v) is 4.30. The van der Waals surface area contributed by atoms with Crippen molar-refractivity contribution in [2.24, 2.45) is 0 Å². The number of benzene rings is 1. The van der Waals surface area contributed by atoms with Gasteiger partial charge < -0.3 is 9.26 Å². The second kappa shape index (κ2) is 6.03. The van der Waals surface area contributed by atoms with Crippen LogP contribution in [-0.4, -0.2) is 41.3 Å². The third kappa shape index (κ3) is 2.92. The lowest BCUT2D eigenvalue weighted by atomic mass is 10.1. The number of hydrogen-bond acceptors (Lipinski definition) is 5. The maximum Gasteiger partial charge on any atom is 0.241 e. The zero-order chi connectivity index (χ0) is 13.9. The zero-order valence-electron chi connectivity index (χ0n) is 11.3. The van der Waals surface area contributed by atoms with Crippen LogP contribution >= 0.6 is 15.9 Å². The molecule has 1 fully saturated rings. The van der Waals surface area contributed by atoms with Crippen molar-refractivity contribution in [3.63, 3.8) is 0 Å². The maximum atomic E-state index is 5.36. The third-order valence-electron chi connectivity index (χ3n) is 3.44. The number of hydrogen-bond donors (Lipinski definition) is 0. The van der Waals surface area contributed by atoms with Crippen LogP contribution in [0.3, 0.4) is 0 Å². The molecular formula is C14H16BrN3O2. The van der Waals surface area contributed by atoms with Gasteiger partial charge in [0.25, 0.3) is 0 Å². The topological polar surface area (TPSA) is 51.4 Å². The molecule has 1 aliphatic heterocycles. The smallest absolute Gasteiger partial charge is 0.241 e. The maximum absolute atomic E-state index is 5.36. The van der Waals surface area contributed by atoms with Gasteiger partial charge in [-0.2, -0.15) is 4.98 Å². The van der Waals surface area contributed by atoms with Gasteiger partial charge in [0.2, 0.25) is 11.7 Å². The number of nitrogens with zero attached hydrogens (tertiary/aromatic N) is 3. The van der Waals surface area contributed by atoms with E-state index in [1.807, 2.05) is 25.1 Å². The number of morpholine rings is 1. The van der Waals surface area contributed by atoms with Crippen molar-refractivity contribution < 1.29 is 9.26 Å². The van der Waals surface area contributed by atoms with Crippen LogP contribution in [0.15, 0.2) is 27.2 Å². The summed E-state index contributed by atoms with van der Waals surface area (Å²) >= 11 is 3.52. The van der Waals surface area contributed by atoms with Crippen molar-refractivity contribution in [3.05, 3.63) is 34.1 Å². The molecule has 1 aromatic heterocycles. The van der Waals surface area contributed by atoms with Crippen molar-refractivity contribution in [1.29, 1.82) is 0 Å². The summed E-state index contributed by atoms with van der Waals surface area (Å²) < 4.78 is 11.7. The van der Waals surface area contributed by atoms with Crippen LogP contribution in [-0.2, 0) is 11.3 Å². The Morgan fingerprint density at radius 3 is 2.90 bits per heavy atom. The molecule has 106 valence electrons. The first-order chi connectivity index (χ1) is 9.74. The first kappa shape index (κ1) is 13.7. The Kier molecular flexibility index (Phi) is 4.14. The minimum Gasteiger partial charge on any atom is -0.379 e. The molecule has 2 aromatic rings. The van der Waals surface area contributed by atoms with E-state index in [2.05, 4.69) is 31.0 Å². The molecule has 1 aromatic carbocycles. The van der Waals surface area contributed by atoms with Crippen molar-refractivity contribution >= 4 is 15.9 Å². The molecule has 20 heavy (non-hydrogen) atoms. The molecule has 0 aliphatic carbocycles. The summed E-state index contributed by atoms with van der Waals surface area (Å²) in [6.07, 6.45) is 0. The van der Waals surface area contributed by atoms with Crippen LogP contribution in [0.5, 0.6) is 0 Å². The average molecular weight is 338 g/mol. The molecule has 0 N–H and O–H groups in total. The Morgan fingerprint density at radius 2 is 2.10 bits per heavy atom. The van der Waals surface area contributed by atoms with Gasteiger partial charge in [0, 0.05) is 23.1 Å². The molecule has 1 aliphatic rings. The largest absolute Gasteiger partial charge is 0.379 e. The van der Waals surface area contributed by atoms with Crippen LogP contribution in [0.1, 0.15) is 11.5 Å². The molecule has 0 saturated carbocycles. The highest BCUT2D eigenvalue weighted by molar-refractivity contribution is 9.10. The van der Waals surface area contributed by atoms with Crippen LogP contribution in [0, 0.1) is 6.92 Å². The van der Waals surface area contributed by atoms with Gasteiger partial charge >= 0.3 is 0 Å². The lowest BCUT2D eigenvalue weighted by Gasteiger charge is -2.24. The second-order valence-electron chi connectivity index (χ2n) is 4.81. The monoisotopic (exact) mass is 337 g/mol. The number of halogens is 1. The van der Waals surface area contributed by atoms with Gasteiger partial charge in [-0.25, -0.2) is 0 Å². The van der Waals surface area contributed by atoms with Gasteiger partial charge in [0.1, 0.15) is 0 Å². The van der Waals surface area contributed by atoms with Crippen LogP contribution < -0.4 is 0 Å². The van der Waals surface area contributed by atoms with E-state index in [-0.39, 0.29) is 0 Å². The van der Waals surface area contributed by atoms with Gasteiger partial charge in [-0.1, -0.05) is 33.2 Å². The van der Waals surface area contributed by atoms with E-state index in [0.29, 0.717) is 18.3 Å². The van der Waals surface area contributed by atoms with Crippen molar-refractivity contribution in [2.45, 2.75) is 13.5 Å². The number of ether oxygens (including phenoxy) is 1. The van der Waals surface area contributed by atoms with Crippen molar-refractivity contribution in [3.8, 4) is 11.4 Å². The summed E-state index contributed by atoms with van der Waals surface area (Å²) in [6, 6.07) is 5.99. The Morgan fingerprint density at radius 1 is 1.30 bits per heavy atom. The Labute approximate surface area is 126 Å². The first-order valence-corrected chi connectivity index (χ1v) is 7.41. The highest BCUT2D eigenvalue weighted by atomic mass is 79.9. The van der Waals surface area contributed by atoms with Gasteiger partial charge in [0.05, 0.1) is 19.8 Å². The van der Waals surface area contributed by atoms with Gasteiger partial charge in [-0.15, -0.1) is 0 Å². The fourth-order valence-electron chi connectivity index (χ4n) is 2.23. The standard InChI is InChI=1S/C14H16BrN3O2/c1-10-11(3-2-4-12(10)15)14-16-13(20-17-14)9-18-5-7-19-8-6-18/h2-4H,5-9H2,1H3. The van der Waals surface area contributed by atoms with E-state index in [9.17, 15) is 0 Å². The molecule has 0 bridgehead atoms. The highest BCUT2D eigenvalue weighted by Crippen LogP contribution is 2.26. The van der Waals surface area contributed by atoms with Crippen LogP contribution in [0.2, 0.25) is 0 Å². The lowest BCUT2D eigenvalue weighted by Crippen LogP contribution is -2.35. The Bertz CT molecular complexity index is 594. The van der Waals surface area contributed by atoms with E-state index in [1.54, 1.807) is 0 Å². The second-order valence-corrected chi connectivity index (χ2v) is 5.67. The SMILES string of the molecule is Cc1c(Br)cccc1-c1noc(CN2CCOCC2)n1. The van der Waals surface area contributed by atoms with Gasteiger partial charge in [-0.3, -0.25) is 4.90 Å². The quantitative estimate of drug-likeness (QED) is 0.861. The normalized spacial score (nSPS) is 16.5. The van der Waals surface area contributed by atoms with Crippen molar-refractivity contribution in [2.75, 3.05) is 26.3 Å². The average Bonchev–Trinajstić information content (AvgIpc) is 2.91. The van der Waals surface area contributed by atoms with Crippen molar-refractivity contribution in [1.82, 2.24) is 15.0 Å². The van der Waals surface area contributed by atoms with E-state index in [1.165, 1.54) is 0 Å². The molecule has 6 heteroatoms. The molecule has 0 spiro atoms. The molecule has 0 unspecified atom stereocenters. The minimum atomic E-state index is 0.645. The van der Waals surface area contributed by atoms with Crippen LogP contribution in [0.4, 0.5) is 0 Å². The molecule has 3 rings (SSSR count). The molecule has 1 saturated heterocycles. The summed E-state index contributed by atoms with van der Waals surface area (Å²) in [7, 11) is 0. The molecule has 0 amide bonds. The van der Waals surface area contributed by atoms with Gasteiger partial charge in [0.15, 0.2) is 0 Å². The van der Waals surface area contributed by atoms with Crippen LogP contribution in [0.25, 0.3) is 11.4 Å². The summed E-state index contributed by atoms with van der Waals surface area (Å²) in [6.45, 7) is 6.08. The predicted octanol–water partition coefficient (Wildman–Crippen LogP) is 2.64. The van der Waals surface area contributed by atoms with E-state index < -0.39 is 0 Å². The zero-order valence-corrected chi connectivity index (χ0v) is 12.9. The molecule has 2 heterocycles. The minimum absolute atomic E-state index is 0.645. The fraction of sp³-hybridized carbons (Fsp3) is 0.429. The van der Waals surface area contributed by atoms with E-state index in [4.69, 9.17) is 9.26 Å². The summed E-state index contributed by atoms with van der Waals surface area (Å²) in [5.74, 6) is 1.30. The molecule has 5 nitrogen and oxygen atoms in total. The van der Waals surface area contributed by atoms with E-state index >= 15 is 0 Å². The van der Waals surface area contributed by atoms with Gasteiger partial charge in [-0.05, 0) is 18.6 Å². The number of rotatable bonds is 3. The molecule has 0 atom stereocenters. The predicted molar refractivity (Wildman–Crippen MR) is 78.3 cm³/mol. The molecule has 0 radical (unpaired) electrons. The fourth-order valence-corrected chi connectivity index (χ4v) is 2.59. The lowest BCUT2D eigenvalue weighted by molar-refractivity contribution is 0.0297. The highest BCUT2D eigenvalue weighted by Gasteiger charge is 2.16. The molecular weight excluding hydrogens is 322 g/mol. The first-order valence-electron chi connectivity index (χ1n) is 6.62. The number of aromatic nitrogens is 2. The summed E-state index contributed by atoms with van der Waals surface area (Å²) in [5, 5.41) is 4.09. The summed E-state index contributed by atoms with van der Waals surface area (Å²) in [4.78, 5) is 6.75. The summed E-state index contributed by atoms with van der Waals surface area (Å²) in [5.41, 5.74) is 2.11. The van der Waals surface area contributed by atoms with E-state index in [0.717, 1.165) is 41.9 Å². The Balaban J connectivity index is 1.77. The Hall–Kier alpha value is -1.24.